The zero-order valence-electron chi connectivity index (χ0n) is 18.9. The monoisotopic (exact) mass is 544 g/mol. The fourth-order valence-electron chi connectivity index (χ4n) is 4.00. The fraction of sp³-hybridized carbons (Fsp3) is 0.200. The number of morpholine rings is 1. The first-order chi connectivity index (χ1) is 17.4. The lowest BCUT2D eigenvalue weighted by Crippen LogP contribution is -2.40. The number of ether oxygens (including phenoxy) is 2. The summed E-state index contributed by atoms with van der Waals surface area (Å²) in [6, 6.07) is 18.8. The third-order valence-corrected chi connectivity index (χ3v) is 9.13. The smallest absolute Gasteiger partial charge is 0.340 e. The van der Waals surface area contributed by atoms with Crippen LogP contribution in [-0.4, -0.2) is 57.5 Å². The van der Waals surface area contributed by atoms with E-state index in [1.54, 1.807) is 11.8 Å². The average molecular weight is 545 g/mol. The number of carbonyl (C=O) groups excluding carboxylic acids is 2. The van der Waals surface area contributed by atoms with Gasteiger partial charge >= 0.3 is 5.97 Å². The van der Waals surface area contributed by atoms with Crippen LogP contribution in [0.4, 0.5) is 11.4 Å². The molecule has 2 heterocycles. The molecule has 0 saturated carbocycles. The number of para-hydroxylation sites is 2. The lowest BCUT2D eigenvalue weighted by molar-refractivity contribution is -0.121. The van der Waals surface area contributed by atoms with Gasteiger partial charge in [-0.25, -0.2) is 13.2 Å². The SMILES string of the molecule is O=C(OCC(=O)N1c2ccccc2Sc2ccccc21)c1cc(S(=O)(=O)N2CCOCC2)ccc1Cl. The number of nitrogens with zero attached hydrogens (tertiary/aromatic N) is 2. The molecule has 0 bridgehead atoms. The molecular weight excluding hydrogens is 524 g/mol. The van der Waals surface area contributed by atoms with Gasteiger partial charge in [0.2, 0.25) is 10.0 Å². The molecule has 8 nitrogen and oxygen atoms in total. The molecule has 0 spiro atoms. The van der Waals surface area contributed by atoms with Crippen molar-refractivity contribution in [2.45, 2.75) is 14.7 Å². The number of halogens is 1. The molecule has 5 rings (SSSR count). The normalized spacial score (nSPS) is 15.6. The molecule has 186 valence electrons. The van der Waals surface area contributed by atoms with Crippen LogP contribution in [-0.2, 0) is 24.3 Å². The number of rotatable bonds is 5. The quantitative estimate of drug-likeness (QED) is 0.441. The highest BCUT2D eigenvalue weighted by Crippen LogP contribution is 2.47. The lowest BCUT2D eigenvalue weighted by Gasteiger charge is -2.30. The van der Waals surface area contributed by atoms with E-state index in [9.17, 15) is 18.0 Å². The summed E-state index contributed by atoms with van der Waals surface area (Å²) in [4.78, 5) is 29.4. The zero-order valence-corrected chi connectivity index (χ0v) is 21.3. The van der Waals surface area contributed by atoms with Crippen molar-refractivity contribution in [2.75, 3.05) is 37.8 Å². The number of hydrogen-bond donors (Lipinski definition) is 0. The molecule has 1 fully saturated rings. The van der Waals surface area contributed by atoms with Crippen LogP contribution in [0, 0.1) is 0 Å². The van der Waals surface area contributed by atoms with E-state index in [0.29, 0.717) is 24.6 Å². The van der Waals surface area contributed by atoms with Crippen molar-refractivity contribution >= 4 is 56.6 Å². The highest BCUT2D eigenvalue weighted by molar-refractivity contribution is 7.99. The molecule has 36 heavy (non-hydrogen) atoms. The fourth-order valence-corrected chi connectivity index (χ4v) is 6.69. The first-order valence-electron chi connectivity index (χ1n) is 11.1. The van der Waals surface area contributed by atoms with Crippen LogP contribution in [0.5, 0.6) is 0 Å². The Morgan fingerprint density at radius 2 is 1.56 bits per heavy atom. The number of amides is 1. The van der Waals surface area contributed by atoms with Crippen LogP contribution in [0.3, 0.4) is 0 Å². The molecule has 0 aromatic heterocycles. The Hall–Kier alpha value is -2.89. The van der Waals surface area contributed by atoms with E-state index in [0.717, 1.165) is 9.79 Å². The molecule has 3 aromatic rings. The number of carbonyl (C=O) groups is 2. The van der Waals surface area contributed by atoms with Gasteiger partial charge in [0.15, 0.2) is 6.61 Å². The molecule has 2 aliphatic heterocycles. The summed E-state index contributed by atoms with van der Waals surface area (Å²) >= 11 is 7.75. The predicted molar refractivity (Wildman–Crippen MR) is 135 cm³/mol. The van der Waals surface area contributed by atoms with Gasteiger partial charge < -0.3 is 9.47 Å². The topological polar surface area (TPSA) is 93.2 Å². The molecule has 3 aromatic carbocycles. The largest absolute Gasteiger partial charge is 0.452 e. The van der Waals surface area contributed by atoms with E-state index in [4.69, 9.17) is 21.1 Å². The molecule has 1 saturated heterocycles. The Balaban J connectivity index is 1.36. The van der Waals surface area contributed by atoms with Gasteiger partial charge in [-0.05, 0) is 42.5 Å². The van der Waals surface area contributed by atoms with E-state index in [1.807, 2.05) is 48.5 Å². The summed E-state index contributed by atoms with van der Waals surface area (Å²) in [7, 11) is -3.84. The lowest BCUT2D eigenvalue weighted by atomic mass is 10.2. The Kier molecular flexibility index (Phi) is 7.05. The number of anilines is 2. The summed E-state index contributed by atoms with van der Waals surface area (Å²) in [5.41, 5.74) is 1.26. The summed E-state index contributed by atoms with van der Waals surface area (Å²) < 4.78 is 37.8. The third kappa shape index (κ3) is 4.74. The molecule has 0 atom stereocenters. The Morgan fingerprint density at radius 1 is 0.944 bits per heavy atom. The first-order valence-corrected chi connectivity index (χ1v) is 13.7. The van der Waals surface area contributed by atoms with Crippen molar-refractivity contribution in [3.05, 3.63) is 77.3 Å². The molecule has 0 N–H and O–H groups in total. The Morgan fingerprint density at radius 3 is 2.19 bits per heavy atom. The summed E-state index contributed by atoms with van der Waals surface area (Å²) in [6.45, 7) is 0.478. The van der Waals surface area contributed by atoms with Crippen molar-refractivity contribution in [3.8, 4) is 0 Å². The first kappa shape index (κ1) is 24.8. The summed E-state index contributed by atoms with van der Waals surface area (Å²) in [6.07, 6.45) is 0. The van der Waals surface area contributed by atoms with E-state index >= 15 is 0 Å². The summed E-state index contributed by atoms with van der Waals surface area (Å²) in [5, 5.41) is 0.0263. The molecule has 0 aliphatic carbocycles. The maximum absolute atomic E-state index is 13.3. The Labute approximate surface area is 217 Å². The van der Waals surface area contributed by atoms with Crippen LogP contribution in [0.15, 0.2) is 81.4 Å². The van der Waals surface area contributed by atoms with Crippen LogP contribution >= 0.6 is 23.4 Å². The molecule has 0 radical (unpaired) electrons. The third-order valence-electron chi connectivity index (χ3n) is 5.77. The zero-order chi connectivity index (χ0) is 25.3. The van der Waals surface area contributed by atoms with Crippen LogP contribution < -0.4 is 4.90 Å². The molecular formula is C25H21ClN2O6S2. The highest BCUT2D eigenvalue weighted by Gasteiger charge is 2.30. The maximum atomic E-state index is 13.3. The van der Waals surface area contributed by atoms with E-state index in [-0.39, 0.29) is 28.6 Å². The van der Waals surface area contributed by atoms with Crippen molar-refractivity contribution in [2.24, 2.45) is 0 Å². The van der Waals surface area contributed by atoms with Gasteiger partial charge in [0.1, 0.15) is 0 Å². The minimum atomic E-state index is -3.84. The molecule has 11 heteroatoms. The maximum Gasteiger partial charge on any atom is 0.340 e. The van der Waals surface area contributed by atoms with Gasteiger partial charge in [-0.1, -0.05) is 47.6 Å². The van der Waals surface area contributed by atoms with Crippen LogP contribution in [0.2, 0.25) is 5.02 Å². The number of esters is 1. The molecule has 0 unspecified atom stereocenters. The second-order valence-corrected chi connectivity index (χ2v) is 11.4. The minimum Gasteiger partial charge on any atom is -0.452 e. The van der Waals surface area contributed by atoms with Crippen molar-refractivity contribution in [3.63, 3.8) is 0 Å². The van der Waals surface area contributed by atoms with Gasteiger partial charge in [-0.3, -0.25) is 9.69 Å². The van der Waals surface area contributed by atoms with E-state index in [1.165, 1.54) is 27.4 Å². The number of sulfonamides is 1. The van der Waals surface area contributed by atoms with Gasteiger partial charge in [-0.2, -0.15) is 4.31 Å². The van der Waals surface area contributed by atoms with Crippen LogP contribution in [0.25, 0.3) is 0 Å². The van der Waals surface area contributed by atoms with Gasteiger partial charge in [0.05, 0.1) is 40.1 Å². The standard InChI is InChI=1S/C25H21ClN2O6S2/c26-19-10-9-17(36(31,32)27-11-13-33-14-12-27)15-18(19)25(30)34-16-24(29)28-20-5-1-3-7-22(20)35-23-8-4-2-6-21(23)28/h1-10,15H,11-14,16H2. The second kappa shape index (κ2) is 10.2. The average Bonchev–Trinajstić information content (AvgIpc) is 2.90. The van der Waals surface area contributed by atoms with Crippen molar-refractivity contribution < 1.29 is 27.5 Å². The highest BCUT2D eigenvalue weighted by atomic mass is 35.5. The van der Waals surface area contributed by atoms with E-state index in [2.05, 4.69) is 0 Å². The van der Waals surface area contributed by atoms with Crippen molar-refractivity contribution in [1.29, 1.82) is 0 Å². The number of hydrogen-bond acceptors (Lipinski definition) is 7. The van der Waals surface area contributed by atoms with Crippen molar-refractivity contribution in [1.82, 2.24) is 4.31 Å². The number of benzene rings is 3. The summed E-state index contributed by atoms with van der Waals surface area (Å²) in [5.74, 6) is -1.34. The predicted octanol–water partition coefficient (Wildman–Crippen LogP) is 4.35. The second-order valence-electron chi connectivity index (χ2n) is 8.00. The molecule has 1 amide bonds. The van der Waals surface area contributed by atoms with E-state index < -0.39 is 28.5 Å². The van der Waals surface area contributed by atoms with Crippen LogP contribution in [0.1, 0.15) is 10.4 Å². The number of fused-ring (bicyclic) bond motifs is 2. The minimum absolute atomic E-state index is 0.0263. The molecule has 2 aliphatic rings. The van der Waals surface area contributed by atoms with Gasteiger partial charge in [-0.15, -0.1) is 0 Å². The Bertz CT molecular complexity index is 1390. The van der Waals surface area contributed by atoms with Gasteiger partial charge in [0, 0.05) is 22.9 Å². The van der Waals surface area contributed by atoms with Gasteiger partial charge in [0.25, 0.3) is 5.91 Å².